The van der Waals surface area contributed by atoms with Crippen LogP contribution >= 0.6 is 23.1 Å². The highest BCUT2D eigenvalue weighted by atomic mass is 32.2. The van der Waals surface area contributed by atoms with Gasteiger partial charge in [-0.05, 0) is 29.4 Å². The van der Waals surface area contributed by atoms with Gasteiger partial charge < -0.3 is 0 Å². The van der Waals surface area contributed by atoms with Crippen LogP contribution in [-0.4, -0.2) is 11.2 Å². The van der Waals surface area contributed by atoms with Gasteiger partial charge in [0.05, 0.1) is 10.2 Å². The molecule has 0 radical (unpaired) electrons. The van der Waals surface area contributed by atoms with Crippen LogP contribution < -0.4 is 0 Å². The summed E-state index contributed by atoms with van der Waals surface area (Å²) in [6.45, 7) is 6.70. The molecule has 3 heteroatoms. The van der Waals surface area contributed by atoms with Crippen LogP contribution in [0.1, 0.15) is 26.3 Å². The molecule has 0 aliphatic carbocycles. The third-order valence-electron chi connectivity index (χ3n) is 2.41. The maximum Gasteiger partial charge on any atom is 0.150 e. The Labute approximate surface area is 98.9 Å². The average Bonchev–Trinajstić information content (AvgIpc) is 2.57. The Balaban J connectivity index is 2.55. The first-order valence-electron chi connectivity index (χ1n) is 4.96. The number of benzene rings is 1. The summed E-state index contributed by atoms with van der Waals surface area (Å²) in [5, 5.41) is 0. The lowest BCUT2D eigenvalue weighted by atomic mass is 9.87. The molecule has 1 aromatic heterocycles. The molecule has 2 aromatic rings. The summed E-state index contributed by atoms with van der Waals surface area (Å²) in [6, 6.07) is 6.61. The van der Waals surface area contributed by atoms with E-state index in [0.717, 1.165) is 9.86 Å². The first-order valence-corrected chi connectivity index (χ1v) is 7.00. The topological polar surface area (TPSA) is 12.9 Å². The molecule has 0 saturated heterocycles. The molecule has 0 N–H and O–H groups in total. The van der Waals surface area contributed by atoms with Crippen LogP contribution in [0.25, 0.3) is 10.2 Å². The lowest BCUT2D eigenvalue weighted by Gasteiger charge is -2.18. The predicted molar refractivity (Wildman–Crippen MR) is 70.1 cm³/mol. The fourth-order valence-electron chi connectivity index (χ4n) is 1.46. The number of rotatable bonds is 1. The van der Waals surface area contributed by atoms with Gasteiger partial charge in [0.25, 0.3) is 0 Å². The van der Waals surface area contributed by atoms with Gasteiger partial charge in [0.1, 0.15) is 0 Å². The van der Waals surface area contributed by atoms with Crippen LogP contribution in [0.4, 0.5) is 0 Å². The molecule has 2 rings (SSSR count). The summed E-state index contributed by atoms with van der Waals surface area (Å²) < 4.78 is 2.43. The smallest absolute Gasteiger partial charge is 0.150 e. The van der Waals surface area contributed by atoms with Crippen molar-refractivity contribution in [2.75, 3.05) is 6.26 Å². The highest BCUT2D eigenvalue weighted by Crippen LogP contribution is 2.31. The highest BCUT2D eigenvalue weighted by Gasteiger charge is 2.14. The summed E-state index contributed by atoms with van der Waals surface area (Å²) >= 11 is 3.48. The van der Waals surface area contributed by atoms with Gasteiger partial charge in [-0.2, -0.15) is 0 Å². The van der Waals surface area contributed by atoms with Gasteiger partial charge in [0.15, 0.2) is 4.34 Å². The molecule has 0 amide bonds. The standard InChI is InChI=1S/C12H15NS2/c1-12(2,3)8-5-6-10-9(7-8)13-11(14-4)15-10/h5-7H,1-4H3. The molecule has 1 nitrogen and oxygen atoms in total. The number of nitrogens with zero attached hydrogens (tertiary/aromatic N) is 1. The van der Waals surface area contributed by atoms with Gasteiger partial charge in [-0.25, -0.2) is 4.98 Å². The molecule has 0 fully saturated rings. The van der Waals surface area contributed by atoms with Crippen molar-refractivity contribution in [3.05, 3.63) is 23.8 Å². The molecular formula is C12H15NS2. The Hall–Kier alpha value is -0.540. The van der Waals surface area contributed by atoms with Crippen molar-refractivity contribution in [2.45, 2.75) is 30.5 Å². The van der Waals surface area contributed by atoms with Crippen LogP contribution in [0, 0.1) is 0 Å². The number of hydrogen-bond acceptors (Lipinski definition) is 3. The predicted octanol–water partition coefficient (Wildman–Crippen LogP) is 4.32. The van der Waals surface area contributed by atoms with Crippen molar-refractivity contribution < 1.29 is 0 Å². The summed E-state index contributed by atoms with van der Waals surface area (Å²) in [5.74, 6) is 0. The zero-order chi connectivity index (χ0) is 11.1. The van der Waals surface area contributed by atoms with E-state index in [1.165, 1.54) is 10.3 Å². The van der Waals surface area contributed by atoms with E-state index in [-0.39, 0.29) is 5.41 Å². The van der Waals surface area contributed by atoms with Crippen molar-refractivity contribution in [1.29, 1.82) is 0 Å². The minimum Gasteiger partial charge on any atom is -0.230 e. The molecule has 0 bridgehead atoms. The van der Waals surface area contributed by atoms with Crippen LogP contribution in [0.3, 0.4) is 0 Å². The van der Waals surface area contributed by atoms with Gasteiger partial charge in [-0.15, -0.1) is 11.3 Å². The number of aromatic nitrogens is 1. The molecule has 80 valence electrons. The van der Waals surface area contributed by atoms with Gasteiger partial charge in [-0.3, -0.25) is 0 Å². The Morgan fingerprint density at radius 1 is 1.27 bits per heavy atom. The third-order valence-corrected chi connectivity index (χ3v) is 4.43. The Morgan fingerprint density at radius 3 is 2.60 bits per heavy atom. The van der Waals surface area contributed by atoms with Crippen LogP contribution in [-0.2, 0) is 5.41 Å². The quantitative estimate of drug-likeness (QED) is 0.685. The lowest BCUT2D eigenvalue weighted by molar-refractivity contribution is 0.591. The monoisotopic (exact) mass is 237 g/mol. The van der Waals surface area contributed by atoms with E-state index in [9.17, 15) is 0 Å². The van der Waals surface area contributed by atoms with Gasteiger partial charge >= 0.3 is 0 Å². The zero-order valence-electron chi connectivity index (χ0n) is 9.50. The fraction of sp³-hybridized carbons (Fsp3) is 0.417. The third kappa shape index (κ3) is 2.18. The Bertz CT molecular complexity index is 480. The molecule has 0 saturated carbocycles. The van der Waals surface area contributed by atoms with Gasteiger partial charge in [-0.1, -0.05) is 38.6 Å². The van der Waals surface area contributed by atoms with E-state index in [1.54, 1.807) is 23.1 Å². The van der Waals surface area contributed by atoms with Crippen LogP contribution in [0.2, 0.25) is 0 Å². The average molecular weight is 237 g/mol. The molecule has 0 aliphatic heterocycles. The van der Waals surface area contributed by atoms with Crippen molar-refractivity contribution in [2.24, 2.45) is 0 Å². The first-order chi connectivity index (χ1) is 7.00. The molecule has 1 heterocycles. The Morgan fingerprint density at radius 2 is 2.00 bits per heavy atom. The maximum atomic E-state index is 4.59. The number of hydrogen-bond donors (Lipinski definition) is 0. The molecule has 1 aromatic carbocycles. The second-order valence-electron chi connectivity index (χ2n) is 4.62. The summed E-state index contributed by atoms with van der Waals surface area (Å²) in [7, 11) is 0. The lowest BCUT2D eigenvalue weighted by Crippen LogP contribution is -2.10. The van der Waals surface area contributed by atoms with Crippen molar-refractivity contribution >= 4 is 33.3 Å². The summed E-state index contributed by atoms with van der Waals surface area (Å²) in [6.07, 6.45) is 2.07. The molecule has 0 aliphatic rings. The fourth-order valence-corrected chi connectivity index (χ4v) is 2.93. The molecule has 0 atom stereocenters. The van der Waals surface area contributed by atoms with Crippen LogP contribution in [0.15, 0.2) is 22.5 Å². The zero-order valence-corrected chi connectivity index (χ0v) is 11.1. The van der Waals surface area contributed by atoms with E-state index in [2.05, 4.69) is 50.2 Å². The largest absolute Gasteiger partial charge is 0.230 e. The maximum absolute atomic E-state index is 4.59. The summed E-state index contributed by atoms with van der Waals surface area (Å²) in [5.41, 5.74) is 2.70. The van der Waals surface area contributed by atoms with Gasteiger partial charge in [0.2, 0.25) is 0 Å². The number of fused-ring (bicyclic) bond motifs is 1. The highest BCUT2D eigenvalue weighted by molar-refractivity contribution is 8.00. The Kier molecular flexibility index (Phi) is 2.77. The van der Waals surface area contributed by atoms with E-state index < -0.39 is 0 Å². The van der Waals surface area contributed by atoms with E-state index in [0.29, 0.717) is 0 Å². The van der Waals surface area contributed by atoms with Crippen molar-refractivity contribution in [1.82, 2.24) is 4.98 Å². The van der Waals surface area contributed by atoms with Gasteiger partial charge in [0, 0.05) is 0 Å². The summed E-state index contributed by atoms with van der Waals surface area (Å²) in [4.78, 5) is 4.59. The molecule has 15 heavy (non-hydrogen) atoms. The molecule has 0 spiro atoms. The molecular weight excluding hydrogens is 222 g/mol. The number of thiazole rings is 1. The second-order valence-corrected chi connectivity index (χ2v) is 6.70. The van der Waals surface area contributed by atoms with Crippen molar-refractivity contribution in [3.8, 4) is 0 Å². The van der Waals surface area contributed by atoms with E-state index in [1.807, 2.05) is 0 Å². The van der Waals surface area contributed by atoms with Crippen LogP contribution in [0.5, 0.6) is 0 Å². The van der Waals surface area contributed by atoms with E-state index >= 15 is 0 Å². The minimum absolute atomic E-state index is 0.206. The molecule has 0 unspecified atom stereocenters. The first kappa shape index (κ1) is 11.0. The van der Waals surface area contributed by atoms with E-state index in [4.69, 9.17) is 0 Å². The second kappa shape index (κ2) is 3.80. The SMILES string of the molecule is CSc1nc2cc(C(C)(C)C)ccc2s1. The van der Waals surface area contributed by atoms with Crippen molar-refractivity contribution in [3.63, 3.8) is 0 Å². The number of thioether (sulfide) groups is 1. The minimum atomic E-state index is 0.206. The normalized spacial score (nSPS) is 12.3.